The summed E-state index contributed by atoms with van der Waals surface area (Å²) in [6.07, 6.45) is 2.13. The number of hydrogen-bond acceptors (Lipinski definition) is 3. The zero-order valence-electron chi connectivity index (χ0n) is 13.1. The van der Waals surface area contributed by atoms with Crippen LogP contribution in [-0.2, 0) is 11.2 Å². The molecule has 1 aliphatic heterocycles. The van der Waals surface area contributed by atoms with Crippen molar-refractivity contribution in [3.63, 3.8) is 0 Å². The molecule has 2 N–H and O–H groups in total. The van der Waals surface area contributed by atoms with E-state index in [1.807, 2.05) is 6.92 Å². The summed E-state index contributed by atoms with van der Waals surface area (Å²) < 4.78 is 11.8. The number of aryl methyl sites for hydroxylation is 1. The van der Waals surface area contributed by atoms with E-state index in [1.165, 1.54) is 5.56 Å². The van der Waals surface area contributed by atoms with E-state index in [-0.39, 0.29) is 17.6 Å². The van der Waals surface area contributed by atoms with Crippen LogP contribution in [-0.4, -0.2) is 19.3 Å². The summed E-state index contributed by atoms with van der Waals surface area (Å²) >= 11 is 0. The monoisotopic (exact) mass is 277 g/mol. The van der Waals surface area contributed by atoms with Gasteiger partial charge in [0, 0.05) is 12.2 Å². The van der Waals surface area contributed by atoms with Crippen molar-refractivity contribution in [3.8, 4) is 5.75 Å². The molecule has 0 fully saturated rings. The second-order valence-corrected chi connectivity index (χ2v) is 6.56. The Morgan fingerprint density at radius 1 is 1.35 bits per heavy atom. The van der Waals surface area contributed by atoms with Crippen molar-refractivity contribution in [3.05, 3.63) is 29.3 Å². The quantitative estimate of drug-likeness (QED) is 0.916. The van der Waals surface area contributed by atoms with Gasteiger partial charge < -0.3 is 15.2 Å². The van der Waals surface area contributed by atoms with Crippen LogP contribution in [0.5, 0.6) is 5.75 Å². The van der Waals surface area contributed by atoms with Crippen molar-refractivity contribution < 1.29 is 9.47 Å². The first-order valence-electron chi connectivity index (χ1n) is 7.57. The van der Waals surface area contributed by atoms with E-state index in [1.54, 1.807) is 0 Å². The topological polar surface area (TPSA) is 44.5 Å². The van der Waals surface area contributed by atoms with Gasteiger partial charge in [-0.25, -0.2) is 0 Å². The first kappa shape index (κ1) is 15.3. The van der Waals surface area contributed by atoms with Gasteiger partial charge >= 0.3 is 0 Å². The normalized spacial score (nSPS) is 18.1. The highest BCUT2D eigenvalue weighted by Crippen LogP contribution is 2.38. The number of ether oxygens (including phenoxy) is 2. The molecule has 3 heteroatoms. The highest BCUT2D eigenvalue weighted by Gasteiger charge is 2.34. The highest BCUT2D eigenvalue weighted by atomic mass is 16.5. The minimum Gasteiger partial charge on any atom is -0.493 e. The van der Waals surface area contributed by atoms with Crippen molar-refractivity contribution in [1.82, 2.24) is 0 Å². The molecule has 0 aromatic heterocycles. The molecule has 20 heavy (non-hydrogen) atoms. The van der Waals surface area contributed by atoms with Crippen LogP contribution in [0, 0.1) is 5.41 Å². The van der Waals surface area contributed by atoms with Crippen molar-refractivity contribution in [2.24, 2.45) is 11.1 Å². The van der Waals surface area contributed by atoms with Crippen molar-refractivity contribution in [2.45, 2.75) is 52.7 Å². The Morgan fingerprint density at radius 2 is 2.10 bits per heavy atom. The maximum absolute atomic E-state index is 6.53. The third kappa shape index (κ3) is 3.15. The number of para-hydroxylation sites is 1. The first-order valence-corrected chi connectivity index (χ1v) is 7.57. The number of hydrogen-bond donors (Lipinski definition) is 1. The van der Waals surface area contributed by atoms with Crippen LogP contribution >= 0.6 is 0 Å². The summed E-state index contributed by atoms with van der Waals surface area (Å²) in [7, 11) is 0. The summed E-state index contributed by atoms with van der Waals surface area (Å²) in [5.74, 6) is 0.986. The van der Waals surface area contributed by atoms with E-state index in [0.29, 0.717) is 6.61 Å². The zero-order chi connectivity index (χ0) is 14.8. The molecule has 0 spiro atoms. The lowest BCUT2D eigenvalue weighted by atomic mass is 9.81. The Labute approximate surface area is 122 Å². The van der Waals surface area contributed by atoms with Crippen LogP contribution in [0.4, 0.5) is 0 Å². The molecule has 2 rings (SSSR count). The predicted octanol–water partition coefficient (Wildman–Crippen LogP) is 3.46. The van der Waals surface area contributed by atoms with E-state index in [2.05, 4.69) is 39.0 Å². The number of rotatable bonds is 4. The molecule has 0 aliphatic carbocycles. The summed E-state index contributed by atoms with van der Waals surface area (Å²) in [5.41, 5.74) is 8.87. The predicted molar refractivity (Wildman–Crippen MR) is 82.1 cm³/mol. The molecule has 0 saturated heterocycles. The molecule has 2 unspecified atom stereocenters. The van der Waals surface area contributed by atoms with E-state index >= 15 is 0 Å². The fourth-order valence-corrected chi connectivity index (χ4v) is 2.91. The molecule has 0 bridgehead atoms. The Balaban J connectivity index is 2.34. The molecule has 0 radical (unpaired) electrons. The highest BCUT2D eigenvalue weighted by molar-refractivity contribution is 5.45. The lowest BCUT2D eigenvalue weighted by Crippen LogP contribution is -2.39. The molecule has 0 amide bonds. The third-order valence-electron chi connectivity index (χ3n) is 3.85. The van der Waals surface area contributed by atoms with E-state index in [0.717, 1.165) is 30.8 Å². The average Bonchev–Trinajstić information content (AvgIpc) is 2.42. The molecule has 1 aromatic rings. The van der Waals surface area contributed by atoms with Gasteiger partial charge in [-0.1, -0.05) is 39.0 Å². The van der Waals surface area contributed by atoms with Crippen LogP contribution in [0.1, 0.15) is 51.3 Å². The van der Waals surface area contributed by atoms with Gasteiger partial charge in [-0.15, -0.1) is 0 Å². The van der Waals surface area contributed by atoms with E-state index in [4.69, 9.17) is 15.2 Å². The summed E-state index contributed by atoms with van der Waals surface area (Å²) in [4.78, 5) is 0. The lowest BCUT2D eigenvalue weighted by molar-refractivity contribution is -0.0288. The van der Waals surface area contributed by atoms with Crippen LogP contribution in [0.2, 0.25) is 0 Å². The molecule has 112 valence electrons. The molecular formula is C17H27NO2. The van der Waals surface area contributed by atoms with Gasteiger partial charge in [0.2, 0.25) is 0 Å². The van der Waals surface area contributed by atoms with Gasteiger partial charge in [0.15, 0.2) is 0 Å². The SMILES string of the molecule is CCOC(C(N)c1cccc2c1OCCC2)C(C)(C)C. The molecule has 1 aliphatic rings. The van der Waals surface area contributed by atoms with Gasteiger partial charge in [0.25, 0.3) is 0 Å². The van der Waals surface area contributed by atoms with Gasteiger partial charge in [-0.3, -0.25) is 0 Å². The van der Waals surface area contributed by atoms with Crippen molar-refractivity contribution in [2.75, 3.05) is 13.2 Å². The summed E-state index contributed by atoms with van der Waals surface area (Å²) in [6, 6.07) is 6.13. The smallest absolute Gasteiger partial charge is 0.127 e. The standard InChI is InChI=1S/C17H27NO2/c1-5-19-16(17(2,3)4)14(18)13-10-6-8-12-9-7-11-20-15(12)13/h6,8,10,14,16H,5,7,9,11,18H2,1-4H3. The minimum atomic E-state index is -0.164. The molecule has 2 atom stereocenters. The van der Waals surface area contributed by atoms with Crippen molar-refractivity contribution in [1.29, 1.82) is 0 Å². The third-order valence-corrected chi connectivity index (χ3v) is 3.85. The van der Waals surface area contributed by atoms with Crippen LogP contribution < -0.4 is 10.5 Å². The maximum Gasteiger partial charge on any atom is 0.127 e. The van der Waals surface area contributed by atoms with Gasteiger partial charge in [-0.05, 0) is 30.7 Å². The van der Waals surface area contributed by atoms with E-state index < -0.39 is 0 Å². The Hall–Kier alpha value is -1.06. The maximum atomic E-state index is 6.53. The van der Waals surface area contributed by atoms with Crippen LogP contribution in [0.15, 0.2) is 18.2 Å². The molecular weight excluding hydrogens is 250 g/mol. The summed E-state index contributed by atoms with van der Waals surface area (Å²) in [6.45, 7) is 9.98. The fraction of sp³-hybridized carbons (Fsp3) is 0.647. The minimum absolute atomic E-state index is 0.00712. The molecule has 0 saturated carbocycles. The Bertz CT molecular complexity index is 451. The number of benzene rings is 1. The van der Waals surface area contributed by atoms with Crippen molar-refractivity contribution >= 4 is 0 Å². The average molecular weight is 277 g/mol. The van der Waals surface area contributed by atoms with Crippen LogP contribution in [0.25, 0.3) is 0 Å². The molecule has 1 heterocycles. The van der Waals surface area contributed by atoms with Gasteiger partial charge in [0.1, 0.15) is 5.75 Å². The second kappa shape index (κ2) is 6.15. The fourth-order valence-electron chi connectivity index (χ4n) is 2.91. The van der Waals surface area contributed by atoms with Gasteiger partial charge in [0.05, 0.1) is 18.8 Å². The number of nitrogens with two attached hydrogens (primary N) is 1. The molecule has 3 nitrogen and oxygen atoms in total. The largest absolute Gasteiger partial charge is 0.493 e. The summed E-state index contributed by atoms with van der Waals surface area (Å²) in [5, 5.41) is 0. The Morgan fingerprint density at radius 3 is 2.75 bits per heavy atom. The van der Waals surface area contributed by atoms with Crippen LogP contribution in [0.3, 0.4) is 0 Å². The van der Waals surface area contributed by atoms with Gasteiger partial charge in [-0.2, -0.15) is 0 Å². The number of fused-ring (bicyclic) bond motifs is 1. The zero-order valence-corrected chi connectivity index (χ0v) is 13.1. The Kier molecular flexibility index (Phi) is 4.71. The first-order chi connectivity index (χ1) is 9.45. The second-order valence-electron chi connectivity index (χ2n) is 6.56. The van der Waals surface area contributed by atoms with E-state index in [9.17, 15) is 0 Å². The lowest BCUT2D eigenvalue weighted by Gasteiger charge is -2.36. The molecule has 1 aromatic carbocycles.